The van der Waals surface area contributed by atoms with E-state index in [1.807, 2.05) is 45.0 Å². The lowest BCUT2D eigenvalue weighted by atomic mass is 9.87. The quantitative estimate of drug-likeness (QED) is 0.784. The Bertz CT molecular complexity index is 652. The summed E-state index contributed by atoms with van der Waals surface area (Å²) in [6.07, 6.45) is 3.23. The third-order valence-electron chi connectivity index (χ3n) is 4.34. The fraction of sp³-hybridized carbons (Fsp3) is 0.526. The van der Waals surface area contributed by atoms with Crippen molar-refractivity contribution >= 4 is 11.9 Å². The number of benzene rings is 1. The van der Waals surface area contributed by atoms with E-state index in [2.05, 4.69) is 6.08 Å². The zero-order valence-corrected chi connectivity index (χ0v) is 14.8. The lowest BCUT2D eigenvalue weighted by molar-refractivity contribution is -0.00188. The fourth-order valence-electron chi connectivity index (χ4n) is 3.13. The molecule has 0 atom stereocenters. The minimum atomic E-state index is -0.477. The molecule has 0 bridgehead atoms. The van der Waals surface area contributed by atoms with Crippen LogP contribution in [0.1, 0.15) is 39.2 Å². The molecule has 1 saturated heterocycles. The number of ether oxygens (including phenoxy) is 3. The van der Waals surface area contributed by atoms with Crippen LogP contribution in [0.5, 0.6) is 5.75 Å². The summed E-state index contributed by atoms with van der Waals surface area (Å²) in [6.45, 7) is 6.84. The largest absolute Gasteiger partial charge is 0.496 e. The third kappa shape index (κ3) is 3.35. The number of hydrogen-bond acceptors (Lipinski definition) is 4. The van der Waals surface area contributed by atoms with E-state index in [1.54, 1.807) is 12.0 Å². The van der Waals surface area contributed by atoms with Crippen molar-refractivity contribution in [3.05, 3.63) is 35.9 Å². The van der Waals surface area contributed by atoms with E-state index < -0.39 is 11.2 Å². The van der Waals surface area contributed by atoms with Gasteiger partial charge in [-0.3, -0.25) is 0 Å². The topological polar surface area (TPSA) is 48.0 Å². The van der Waals surface area contributed by atoms with Crippen LogP contribution in [0.15, 0.2) is 30.3 Å². The van der Waals surface area contributed by atoms with E-state index in [0.717, 1.165) is 17.1 Å². The number of para-hydroxylation sites is 1. The van der Waals surface area contributed by atoms with Crippen molar-refractivity contribution in [1.29, 1.82) is 0 Å². The summed E-state index contributed by atoms with van der Waals surface area (Å²) < 4.78 is 17.3. The standard InChI is InChI=1S/C19H25NO4/c1-18(2,3)24-17(21)20-11-9-19(10-12-20)13-16(22-4)14-7-5-6-8-15(14)23-19/h5-8,13H,9-12H2,1-4H3. The van der Waals surface area contributed by atoms with Gasteiger partial charge in [-0.05, 0) is 32.9 Å². The molecule has 0 saturated carbocycles. The summed E-state index contributed by atoms with van der Waals surface area (Å²) in [5.41, 5.74) is 0.0774. The number of carbonyl (C=O) groups excluding carboxylic acids is 1. The van der Waals surface area contributed by atoms with Gasteiger partial charge >= 0.3 is 6.09 Å². The van der Waals surface area contributed by atoms with E-state index >= 15 is 0 Å². The van der Waals surface area contributed by atoms with Gasteiger partial charge in [-0.2, -0.15) is 0 Å². The molecule has 1 aromatic carbocycles. The van der Waals surface area contributed by atoms with Crippen LogP contribution < -0.4 is 4.74 Å². The molecule has 5 heteroatoms. The van der Waals surface area contributed by atoms with Crippen molar-refractivity contribution in [1.82, 2.24) is 4.90 Å². The minimum Gasteiger partial charge on any atom is -0.496 e. The molecule has 3 rings (SSSR count). The monoisotopic (exact) mass is 331 g/mol. The Morgan fingerprint density at radius 1 is 1.21 bits per heavy atom. The van der Waals surface area contributed by atoms with Crippen LogP contribution in [0.4, 0.5) is 4.79 Å². The number of nitrogens with zero attached hydrogens (tertiary/aromatic N) is 1. The lowest BCUT2D eigenvalue weighted by Gasteiger charge is -2.42. The van der Waals surface area contributed by atoms with Gasteiger partial charge in [0.15, 0.2) is 0 Å². The first-order chi connectivity index (χ1) is 11.3. The van der Waals surface area contributed by atoms with Crippen molar-refractivity contribution < 1.29 is 19.0 Å². The van der Waals surface area contributed by atoms with Crippen LogP contribution in [0.3, 0.4) is 0 Å². The molecule has 24 heavy (non-hydrogen) atoms. The van der Waals surface area contributed by atoms with Crippen LogP contribution in [-0.4, -0.2) is 42.4 Å². The Balaban J connectivity index is 1.73. The van der Waals surface area contributed by atoms with Gasteiger partial charge in [-0.1, -0.05) is 12.1 Å². The number of methoxy groups -OCH3 is 1. The molecule has 1 fully saturated rings. The summed E-state index contributed by atoms with van der Waals surface area (Å²) >= 11 is 0. The first-order valence-electron chi connectivity index (χ1n) is 8.35. The minimum absolute atomic E-state index is 0.260. The van der Waals surface area contributed by atoms with Crippen molar-refractivity contribution in [2.24, 2.45) is 0 Å². The van der Waals surface area contributed by atoms with E-state index in [1.165, 1.54) is 0 Å². The van der Waals surface area contributed by atoms with Gasteiger partial charge in [0, 0.05) is 32.0 Å². The highest BCUT2D eigenvalue weighted by atomic mass is 16.6. The number of rotatable bonds is 1. The molecular formula is C19H25NO4. The van der Waals surface area contributed by atoms with Gasteiger partial charge in [0.1, 0.15) is 22.7 Å². The summed E-state index contributed by atoms with van der Waals surface area (Å²) in [4.78, 5) is 14.0. The first-order valence-corrected chi connectivity index (χ1v) is 8.35. The van der Waals surface area contributed by atoms with E-state index in [9.17, 15) is 4.79 Å². The Labute approximate surface area is 143 Å². The zero-order chi connectivity index (χ0) is 17.4. The molecule has 0 N–H and O–H groups in total. The van der Waals surface area contributed by atoms with E-state index in [0.29, 0.717) is 25.9 Å². The number of carbonyl (C=O) groups is 1. The summed E-state index contributed by atoms with van der Waals surface area (Å²) in [6, 6.07) is 7.88. The molecule has 5 nitrogen and oxygen atoms in total. The van der Waals surface area contributed by atoms with Crippen LogP contribution in [0.2, 0.25) is 0 Å². The molecule has 1 amide bonds. The Morgan fingerprint density at radius 3 is 2.50 bits per heavy atom. The second-order valence-electron chi connectivity index (χ2n) is 7.34. The number of fused-ring (bicyclic) bond motifs is 1. The second kappa shape index (κ2) is 6.04. The molecule has 1 aromatic rings. The summed E-state index contributed by atoms with van der Waals surface area (Å²) in [7, 11) is 1.68. The van der Waals surface area contributed by atoms with Gasteiger partial charge in [0.25, 0.3) is 0 Å². The molecule has 0 unspecified atom stereocenters. The van der Waals surface area contributed by atoms with Crippen molar-refractivity contribution in [3.63, 3.8) is 0 Å². The third-order valence-corrected chi connectivity index (χ3v) is 4.34. The summed E-state index contributed by atoms with van der Waals surface area (Å²) in [5, 5.41) is 0. The average molecular weight is 331 g/mol. The molecule has 0 radical (unpaired) electrons. The van der Waals surface area contributed by atoms with Crippen LogP contribution in [0.25, 0.3) is 5.76 Å². The SMILES string of the molecule is COC1=CC2(CCN(C(=O)OC(C)(C)C)CC2)Oc2ccccc21. The van der Waals surface area contributed by atoms with E-state index in [4.69, 9.17) is 14.2 Å². The predicted molar refractivity (Wildman–Crippen MR) is 91.8 cm³/mol. The van der Waals surface area contributed by atoms with Gasteiger partial charge in [0.2, 0.25) is 0 Å². The van der Waals surface area contributed by atoms with Crippen LogP contribution in [0, 0.1) is 0 Å². The van der Waals surface area contributed by atoms with Gasteiger partial charge in [0.05, 0.1) is 12.7 Å². The summed E-state index contributed by atoms with van der Waals surface area (Å²) in [5.74, 6) is 1.67. The lowest BCUT2D eigenvalue weighted by Crippen LogP contribution is -2.50. The van der Waals surface area contributed by atoms with Gasteiger partial charge < -0.3 is 19.1 Å². The van der Waals surface area contributed by atoms with Crippen LogP contribution in [-0.2, 0) is 9.47 Å². The number of piperidine rings is 1. The highest BCUT2D eigenvalue weighted by Gasteiger charge is 2.41. The highest BCUT2D eigenvalue weighted by Crippen LogP contribution is 2.41. The normalized spacial score (nSPS) is 19.2. The maximum Gasteiger partial charge on any atom is 0.410 e. The van der Waals surface area contributed by atoms with Crippen molar-refractivity contribution in [2.45, 2.75) is 44.8 Å². The van der Waals surface area contributed by atoms with Gasteiger partial charge in [-0.25, -0.2) is 4.79 Å². The maximum atomic E-state index is 12.2. The molecule has 0 aliphatic carbocycles. The Hall–Kier alpha value is -2.17. The van der Waals surface area contributed by atoms with Crippen LogP contribution >= 0.6 is 0 Å². The molecule has 2 aliphatic rings. The Morgan fingerprint density at radius 2 is 1.88 bits per heavy atom. The molecular weight excluding hydrogens is 306 g/mol. The fourth-order valence-corrected chi connectivity index (χ4v) is 3.13. The van der Waals surface area contributed by atoms with Gasteiger partial charge in [-0.15, -0.1) is 0 Å². The smallest absolute Gasteiger partial charge is 0.410 e. The predicted octanol–water partition coefficient (Wildman–Crippen LogP) is 3.84. The number of likely N-dealkylation sites (tertiary alicyclic amines) is 1. The second-order valence-corrected chi connectivity index (χ2v) is 7.34. The number of amides is 1. The molecule has 2 aliphatic heterocycles. The zero-order valence-electron chi connectivity index (χ0n) is 14.8. The highest BCUT2D eigenvalue weighted by molar-refractivity contribution is 5.70. The number of hydrogen-bond donors (Lipinski definition) is 0. The molecule has 2 heterocycles. The van der Waals surface area contributed by atoms with Crippen molar-refractivity contribution in [2.75, 3.05) is 20.2 Å². The average Bonchev–Trinajstić information content (AvgIpc) is 2.53. The Kier molecular flexibility index (Phi) is 4.20. The molecule has 130 valence electrons. The molecule has 0 aromatic heterocycles. The maximum absolute atomic E-state index is 12.2. The molecule has 1 spiro atoms. The van der Waals surface area contributed by atoms with Crippen molar-refractivity contribution in [3.8, 4) is 5.75 Å². The van der Waals surface area contributed by atoms with E-state index in [-0.39, 0.29) is 6.09 Å². The first kappa shape index (κ1) is 16.7.